The van der Waals surface area contributed by atoms with Crippen molar-refractivity contribution in [3.63, 3.8) is 0 Å². The topological polar surface area (TPSA) is 32.5 Å². The standard InChI is InChI=1S/C17H27N3/c1-19(2)15-6-8-16(9-7-15)20-11-3-4-13-12-14(18)5-10-17(13)20/h5,10,12,15-16H,3-4,6-9,11,18H2,1-2H3. The summed E-state index contributed by atoms with van der Waals surface area (Å²) in [4.78, 5) is 5.05. The molecule has 0 amide bonds. The lowest BCUT2D eigenvalue weighted by Crippen LogP contribution is -2.44. The number of benzene rings is 1. The van der Waals surface area contributed by atoms with Gasteiger partial charge >= 0.3 is 0 Å². The van der Waals surface area contributed by atoms with Crippen LogP contribution in [0.15, 0.2) is 18.2 Å². The number of nitrogens with two attached hydrogens (primary N) is 1. The van der Waals surface area contributed by atoms with Crippen molar-refractivity contribution in [3.05, 3.63) is 23.8 Å². The fraction of sp³-hybridized carbons (Fsp3) is 0.647. The van der Waals surface area contributed by atoms with E-state index in [9.17, 15) is 0 Å². The highest BCUT2D eigenvalue weighted by atomic mass is 15.2. The summed E-state index contributed by atoms with van der Waals surface area (Å²) in [6.07, 6.45) is 7.77. The van der Waals surface area contributed by atoms with Crippen LogP contribution in [0.2, 0.25) is 0 Å². The van der Waals surface area contributed by atoms with E-state index in [1.54, 1.807) is 0 Å². The third kappa shape index (κ3) is 2.64. The quantitative estimate of drug-likeness (QED) is 0.841. The van der Waals surface area contributed by atoms with Gasteiger partial charge in [0.05, 0.1) is 0 Å². The van der Waals surface area contributed by atoms with Crippen molar-refractivity contribution in [2.75, 3.05) is 31.3 Å². The van der Waals surface area contributed by atoms with Gasteiger partial charge in [0, 0.05) is 30.0 Å². The fourth-order valence-electron chi connectivity index (χ4n) is 3.91. The predicted octanol–water partition coefficient (Wildman–Crippen LogP) is 2.89. The van der Waals surface area contributed by atoms with Crippen molar-refractivity contribution in [2.24, 2.45) is 0 Å². The van der Waals surface area contributed by atoms with Crippen LogP contribution in [0, 0.1) is 0 Å². The molecule has 0 radical (unpaired) electrons. The Bertz CT molecular complexity index is 461. The molecular formula is C17H27N3. The predicted molar refractivity (Wildman–Crippen MR) is 86.3 cm³/mol. The first-order valence-electron chi connectivity index (χ1n) is 7.96. The van der Waals surface area contributed by atoms with Crippen LogP contribution in [-0.4, -0.2) is 37.6 Å². The highest BCUT2D eigenvalue weighted by Crippen LogP contribution is 2.35. The van der Waals surface area contributed by atoms with E-state index in [1.807, 2.05) is 0 Å². The largest absolute Gasteiger partial charge is 0.399 e. The fourth-order valence-corrected chi connectivity index (χ4v) is 3.91. The van der Waals surface area contributed by atoms with Gasteiger partial charge in [0.1, 0.15) is 0 Å². The van der Waals surface area contributed by atoms with Crippen molar-refractivity contribution >= 4 is 11.4 Å². The van der Waals surface area contributed by atoms with Gasteiger partial charge in [-0.3, -0.25) is 0 Å². The van der Waals surface area contributed by atoms with Crippen molar-refractivity contribution < 1.29 is 0 Å². The van der Waals surface area contributed by atoms with Gasteiger partial charge in [0.15, 0.2) is 0 Å². The number of hydrogen-bond acceptors (Lipinski definition) is 3. The third-order valence-corrected chi connectivity index (χ3v) is 5.10. The van der Waals surface area contributed by atoms with Gasteiger partial charge in [-0.25, -0.2) is 0 Å². The molecular weight excluding hydrogens is 246 g/mol. The summed E-state index contributed by atoms with van der Waals surface area (Å²) in [6, 6.07) is 7.98. The number of aryl methyl sites for hydroxylation is 1. The second-order valence-electron chi connectivity index (χ2n) is 6.61. The molecule has 3 heteroatoms. The second-order valence-corrected chi connectivity index (χ2v) is 6.61. The molecule has 2 aliphatic rings. The van der Waals surface area contributed by atoms with Crippen LogP contribution in [-0.2, 0) is 6.42 Å². The van der Waals surface area contributed by atoms with Crippen LogP contribution >= 0.6 is 0 Å². The summed E-state index contributed by atoms with van der Waals surface area (Å²) < 4.78 is 0. The zero-order chi connectivity index (χ0) is 14.1. The van der Waals surface area contributed by atoms with Crippen LogP contribution in [0.5, 0.6) is 0 Å². The van der Waals surface area contributed by atoms with Gasteiger partial charge in [-0.1, -0.05) is 0 Å². The first kappa shape index (κ1) is 13.7. The monoisotopic (exact) mass is 273 g/mol. The summed E-state index contributed by atoms with van der Waals surface area (Å²) in [6.45, 7) is 1.22. The molecule has 2 N–H and O–H groups in total. The average Bonchev–Trinajstić information content (AvgIpc) is 2.46. The molecule has 0 saturated heterocycles. The Morgan fingerprint density at radius 2 is 1.90 bits per heavy atom. The summed E-state index contributed by atoms with van der Waals surface area (Å²) in [5.74, 6) is 0. The summed E-state index contributed by atoms with van der Waals surface area (Å²) in [5, 5.41) is 0. The molecule has 1 aromatic carbocycles. The lowest BCUT2D eigenvalue weighted by molar-refractivity contribution is 0.213. The highest BCUT2D eigenvalue weighted by Gasteiger charge is 2.29. The minimum Gasteiger partial charge on any atom is -0.399 e. The van der Waals surface area contributed by atoms with Crippen LogP contribution < -0.4 is 10.6 Å². The molecule has 0 spiro atoms. The number of nitrogens with zero attached hydrogens (tertiary/aromatic N) is 2. The minimum atomic E-state index is 0.730. The van der Waals surface area contributed by atoms with Gasteiger partial charge in [-0.15, -0.1) is 0 Å². The molecule has 1 heterocycles. The maximum atomic E-state index is 5.93. The Morgan fingerprint density at radius 3 is 2.60 bits per heavy atom. The molecule has 1 aliphatic heterocycles. The molecule has 1 aliphatic carbocycles. The first-order valence-corrected chi connectivity index (χ1v) is 7.96. The average molecular weight is 273 g/mol. The molecule has 20 heavy (non-hydrogen) atoms. The molecule has 0 unspecified atom stereocenters. The highest BCUT2D eigenvalue weighted by molar-refractivity contribution is 5.61. The van der Waals surface area contributed by atoms with Crippen molar-refractivity contribution in [2.45, 2.75) is 50.6 Å². The molecule has 1 saturated carbocycles. The van der Waals surface area contributed by atoms with Crippen molar-refractivity contribution in [1.82, 2.24) is 4.90 Å². The van der Waals surface area contributed by atoms with Crippen molar-refractivity contribution in [1.29, 1.82) is 0 Å². The molecule has 0 bridgehead atoms. The number of nitrogen functional groups attached to an aromatic ring is 1. The van der Waals surface area contributed by atoms with E-state index in [2.05, 4.69) is 42.1 Å². The van der Waals surface area contributed by atoms with Crippen LogP contribution in [0.3, 0.4) is 0 Å². The number of rotatable bonds is 2. The summed E-state index contributed by atoms with van der Waals surface area (Å²) in [7, 11) is 4.42. The van der Waals surface area contributed by atoms with E-state index in [-0.39, 0.29) is 0 Å². The number of anilines is 2. The Kier molecular flexibility index (Phi) is 3.88. The van der Waals surface area contributed by atoms with Crippen molar-refractivity contribution in [3.8, 4) is 0 Å². The molecule has 110 valence electrons. The minimum absolute atomic E-state index is 0.730. The van der Waals surface area contributed by atoms with Gasteiger partial charge in [0.2, 0.25) is 0 Å². The third-order valence-electron chi connectivity index (χ3n) is 5.10. The van der Waals surface area contributed by atoms with E-state index in [0.29, 0.717) is 0 Å². The first-order chi connectivity index (χ1) is 9.65. The maximum Gasteiger partial charge on any atom is 0.0402 e. The maximum absolute atomic E-state index is 5.93. The second kappa shape index (κ2) is 5.65. The smallest absolute Gasteiger partial charge is 0.0402 e. The molecule has 0 aromatic heterocycles. The van der Waals surface area contributed by atoms with E-state index >= 15 is 0 Å². The summed E-state index contributed by atoms with van der Waals surface area (Å²) >= 11 is 0. The van der Waals surface area contributed by atoms with Crippen LogP contribution in [0.25, 0.3) is 0 Å². The van der Waals surface area contributed by atoms with E-state index in [0.717, 1.165) is 17.8 Å². The SMILES string of the molecule is CN(C)C1CCC(N2CCCc3cc(N)ccc32)CC1. The number of fused-ring (bicyclic) bond motifs is 1. The van der Waals surface area contributed by atoms with Gasteiger partial charge in [0.25, 0.3) is 0 Å². The zero-order valence-electron chi connectivity index (χ0n) is 12.8. The Labute approximate surface area is 122 Å². The van der Waals surface area contributed by atoms with E-state index < -0.39 is 0 Å². The lowest BCUT2D eigenvalue weighted by atomic mass is 9.87. The molecule has 3 nitrogen and oxygen atoms in total. The Morgan fingerprint density at radius 1 is 1.15 bits per heavy atom. The Hall–Kier alpha value is -1.22. The van der Waals surface area contributed by atoms with Gasteiger partial charge < -0.3 is 15.5 Å². The lowest BCUT2D eigenvalue weighted by Gasteiger charge is -2.42. The zero-order valence-corrected chi connectivity index (χ0v) is 12.8. The van der Waals surface area contributed by atoms with Crippen LogP contribution in [0.1, 0.15) is 37.7 Å². The van der Waals surface area contributed by atoms with Crippen LogP contribution in [0.4, 0.5) is 11.4 Å². The molecule has 0 atom stereocenters. The molecule has 1 fully saturated rings. The molecule has 3 rings (SSSR count). The Balaban J connectivity index is 1.74. The van der Waals surface area contributed by atoms with E-state index in [4.69, 9.17) is 5.73 Å². The summed E-state index contributed by atoms with van der Waals surface area (Å²) in [5.41, 5.74) is 9.73. The number of hydrogen-bond donors (Lipinski definition) is 1. The normalized spacial score (nSPS) is 26.6. The van der Waals surface area contributed by atoms with Gasteiger partial charge in [-0.05, 0) is 76.4 Å². The van der Waals surface area contributed by atoms with E-state index in [1.165, 1.54) is 56.3 Å². The van der Waals surface area contributed by atoms with Gasteiger partial charge in [-0.2, -0.15) is 0 Å². The molecule has 1 aromatic rings.